The number of hydrogen-bond acceptors (Lipinski definition) is 4. The molecule has 2 rings (SSSR count). The Morgan fingerprint density at radius 2 is 1.50 bits per heavy atom. The molecule has 0 saturated carbocycles. The first-order chi connectivity index (χ1) is 7.66. The van der Waals surface area contributed by atoms with E-state index in [9.17, 15) is 0 Å². The zero-order valence-corrected chi connectivity index (χ0v) is 10.9. The van der Waals surface area contributed by atoms with Gasteiger partial charge in [-0.3, -0.25) is 0 Å². The van der Waals surface area contributed by atoms with Crippen molar-refractivity contribution in [2.45, 2.75) is 41.5 Å². The van der Waals surface area contributed by atoms with Crippen molar-refractivity contribution < 1.29 is 0 Å². The van der Waals surface area contributed by atoms with Crippen LogP contribution in [0.25, 0.3) is 11.2 Å². The second-order valence-electron chi connectivity index (χ2n) is 2.69. The maximum atomic E-state index is 5.46. The maximum absolute atomic E-state index is 5.46. The summed E-state index contributed by atoms with van der Waals surface area (Å²) < 4.78 is 0. The smallest absolute Gasteiger partial charge is 0.222 e. The molecule has 2 aromatic rings. The van der Waals surface area contributed by atoms with Gasteiger partial charge in [-0.2, -0.15) is 4.98 Å². The first-order valence-electron chi connectivity index (χ1n) is 5.63. The Labute approximate surface area is 96.5 Å². The largest absolute Gasteiger partial charge is 0.368 e. The fourth-order valence-corrected chi connectivity index (χ4v) is 1.17. The van der Waals surface area contributed by atoms with E-state index in [2.05, 4.69) is 19.9 Å². The number of fused-ring (bicyclic) bond motifs is 1. The number of hydrogen-bond donors (Lipinski definition) is 2. The van der Waals surface area contributed by atoms with Crippen molar-refractivity contribution in [2.75, 3.05) is 5.73 Å². The zero-order valence-electron chi connectivity index (χ0n) is 10.9. The standard InChI is InChI=1S/C7H9N5.2C2H6/c1-3-5-6(11-4(2)10-5)12-7(8)9-3;2*1-2/h1-2H3,(H3,8,9,10,11,12);2*1-2H3. The molecule has 5 nitrogen and oxygen atoms in total. The van der Waals surface area contributed by atoms with Crippen LogP contribution in [0.4, 0.5) is 5.95 Å². The van der Waals surface area contributed by atoms with E-state index in [0.29, 0.717) is 5.65 Å². The number of nitrogen functional groups attached to an aromatic ring is 1. The Morgan fingerprint density at radius 1 is 0.938 bits per heavy atom. The van der Waals surface area contributed by atoms with Crippen LogP contribution in [0.2, 0.25) is 0 Å². The highest BCUT2D eigenvalue weighted by molar-refractivity contribution is 5.74. The van der Waals surface area contributed by atoms with Gasteiger partial charge < -0.3 is 10.7 Å². The van der Waals surface area contributed by atoms with Gasteiger partial charge in [0.15, 0.2) is 5.65 Å². The lowest BCUT2D eigenvalue weighted by molar-refractivity contribution is 1.15. The third-order valence-corrected chi connectivity index (χ3v) is 1.67. The molecule has 0 aliphatic rings. The minimum Gasteiger partial charge on any atom is -0.368 e. The van der Waals surface area contributed by atoms with E-state index in [-0.39, 0.29) is 5.95 Å². The van der Waals surface area contributed by atoms with Crippen molar-refractivity contribution in [1.82, 2.24) is 19.9 Å². The molecule has 90 valence electrons. The summed E-state index contributed by atoms with van der Waals surface area (Å²) in [6.07, 6.45) is 0. The third kappa shape index (κ3) is 3.18. The van der Waals surface area contributed by atoms with Crippen LogP contribution in [0.5, 0.6) is 0 Å². The molecule has 16 heavy (non-hydrogen) atoms. The number of H-pyrrole nitrogens is 1. The van der Waals surface area contributed by atoms with E-state index >= 15 is 0 Å². The summed E-state index contributed by atoms with van der Waals surface area (Å²) >= 11 is 0. The Morgan fingerprint density at radius 3 is 2.06 bits per heavy atom. The molecule has 3 N–H and O–H groups in total. The van der Waals surface area contributed by atoms with Gasteiger partial charge in [0.05, 0.1) is 5.69 Å². The summed E-state index contributed by atoms with van der Waals surface area (Å²) in [5, 5.41) is 0. The third-order valence-electron chi connectivity index (χ3n) is 1.67. The van der Waals surface area contributed by atoms with Gasteiger partial charge in [0.2, 0.25) is 5.95 Å². The number of rotatable bonds is 0. The number of anilines is 1. The quantitative estimate of drug-likeness (QED) is 0.719. The summed E-state index contributed by atoms with van der Waals surface area (Å²) in [6.45, 7) is 11.7. The number of aryl methyl sites for hydroxylation is 2. The number of nitrogens with one attached hydrogen (secondary N) is 1. The molecule has 0 atom stereocenters. The van der Waals surface area contributed by atoms with Crippen molar-refractivity contribution in [3.8, 4) is 0 Å². The van der Waals surface area contributed by atoms with Gasteiger partial charge in [0, 0.05) is 0 Å². The number of nitrogens with zero attached hydrogens (tertiary/aromatic N) is 3. The monoisotopic (exact) mass is 223 g/mol. The predicted molar refractivity (Wildman–Crippen MR) is 68.3 cm³/mol. The summed E-state index contributed by atoms with van der Waals surface area (Å²) in [6, 6.07) is 0. The molecule has 2 heterocycles. The van der Waals surface area contributed by atoms with Gasteiger partial charge in [-0.1, -0.05) is 27.7 Å². The molecule has 0 saturated heterocycles. The molecular formula is C11H21N5. The van der Waals surface area contributed by atoms with E-state index in [1.807, 2.05) is 41.5 Å². The highest BCUT2D eigenvalue weighted by atomic mass is 15.1. The molecule has 5 heteroatoms. The van der Waals surface area contributed by atoms with Crippen LogP contribution < -0.4 is 5.73 Å². The van der Waals surface area contributed by atoms with Gasteiger partial charge in [-0.15, -0.1) is 0 Å². The molecule has 2 aromatic heterocycles. The molecule has 0 amide bonds. The van der Waals surface area contributed by atoms with E-state index in [1.54, 1.807) is 0 Å². The normalized spacial score (nSPS) is 8.88. The van der Waals surface area contributed by atoms with Crippen molar-refractivity contribution in [3.63, 3.8) is 0 Å². The average molecular weight is 223 g/mol. The van der Waals surface area contributed by atoms with Crippen LogP contribution in [-0.2, 0) is 0 Å². The van der Waals surface area contributed by atoms with Gasteiger partial charge in [0.25, 0.3) is 0 Å². The van der Waals surface area contributed by atoms with Gasteiger partial charge in [-0.25, -0.2) is 9.97 Å². The Kier molecular flexibility index (Phi) is 6.07. The molecular weight excluding hydrogens is 202 g/mol. The van der Waals surface area contributed by atoms with E-state index in [1.165, 1.54) is 0 Å². The minimum atomic E-state index is 0.270. The second kappa shape index (κ2) is 6.76. The molecule has 0 aliphatic carbocycles. The summed E-state index contributed by atoms with van der Waals surface area (Å²) in [4.78, 5) is 15.2. The van der Waals surface area contributed by atoms with Crippen LogP contribution in [0.15, 0.2) is 0 Å². The van der Waals surface area contributed by atoms with E-state index < -0.39 is 0 Å². The van der Waals surface area contributed by atoms with Crippen molar-refractivity contribution >= 4 is 17.1 Å². The topological polar surface area (TPSA) is 80.5 Å². The number of nitrogens with two attached hydrogens (primary N) is 1. The lowest BCUT2D eigenvalue weighted by Crippen LogP contribution is -1.96. The van der Waals surface area contributed by atoms with Crippen LogP contribution in [0, 0.1) is 13.8 Å². The fraction of sp³-hybridized carbons (Fsp3) is 0.545. The lowest BCUT2D eigenvalue weighted by atomic mass is 10.4. The lowest BCUT2D eigenvalue weighted by Gasteiger charge is -1.94. The van der Waals surface area contributed by atoms with Gasteiger partial charge in [-0.05, 0) is 13.8 Å². The summed E-state index contributed by atoms with van der Waals surface area (Å²) in [7, 11) is 0. The minimum absolute atomic E-state index is 0.270. The maximum Gasteiger partial charge on any atom is 0.222 e. The Bertz CT molecular complexity index is 433. The molecule has 0 aromatic carbocycles. The first kappa shape index (κ1) is 14.3. The average Bonchev–Trinajstić information content (AvgIpc) is 2.65. The molecule has 0 fully saturated rings. The van der Waals surface area contributed by atoms with Crippen LogP contribution >= 0.6 is 0 Å². The molecule has 0 radical (unpaired) electrons. The Balaban J connectivity index is 0.000000509. The predicted octanol–water partition coefficient (Wildman–Crippen LogP) is 2.60. The second-order valence-corrected chi connectivity index (χ2v) is 2.69. The van der Waals surface area contributed by atoms with Crippen molar-refractivity contribution in [2.24, 2.45) is 0 Å². The molecule has 0 bridgehead atoms. The van der Waals surface area contributed by atoms with Gasteiger partial charge in [0.1, 0.15) is 11.3 Å². The van der Waals surface area contributed by atoms with Crippen LogP contribution in [0.3, 0.4) is 0 Å². The fourth-order valence-electron chi connectivity index (χ4n) is 1.17. The molecule has 0 aliphatic heterocycles. The highest BCUT2D eigenvalue weighted by Crippen LogP contribution is 2.12. The van der Waals surface area contributed by atoms with E-state index in [0.717, 1.165) is 17.0 Å². The number of aromatic amines is 1. The summed E-state index contributed by atoms with van der Waals surface area (Å²) in [5.74, 6) is 1.10. The number of imidazole rings is 1. The summed E-state index contributed by atoms with van der Waals surface area (Å²) in [5.41, 5.74) is 7.79. The van der Waals surface area contributed by atoms with E-state index in [4.69, 9.17) is 5.73 Å². The van der Waals surface area contributed by atoms with Gasteiger partial charge >= 0.3 is 0 Å². The molecule has 0 spiro atoms. The SMILES string of the molecule is CC.CC.Cc1nc2nc(N)nc(C)c2[nH]1. The Hall–Kier alpha value is -1.65. The van der Waals surface area contributed by atoms with Crippen molar-refractivity contribution in [1.29, 1.82) is 0 Å². The van der Waals surface area contributed by atoms with Crippen molar-refractivity contribution in [3.05, 3.63) is 11.5 Å². The van der Waals surface area contributed by atoms with Crippen LogP contribution in [0.1, 0.15) is 39.2 Å². The first-order valence-corrected chi connectivity index (χ1v) is 5.63. The van der Waals surface area contributed by atoms with Crippen LogP contribution in [-0.4, -0.2) is 19.9 Å². The number of aromatic nitrogens is 4. The zero-order chi connectivity index (χ0) is 12.7. The molecule has 0 unspecified atom stereocenters. The highest BCUT2D eigenvalue weighted by Gasteiger charge is 2.05.